The molecule has 3 aromatic rings. The molecule has 0 spiro atoms. The number of amides is 4. The molecule has 0 saturated carbocycles. The van der Waals surface area contributed by atoms with Gasteiger partial charge < -0.3 is 4.90 Å². The molecule has 38 heavy (non-hydrogen) atoms. The largest absolute Gasteiger partial charge is 0.324 e. The van der Waals surface area contributed by atoms with E-state index >= 15 is 4.39 Å². The van der Waals surface area contributed by atoms with Gasteiger partial charge in [-0.15, -0.1) is 0 Å². The predicted molar refractivity (Wildman–Crippen MR) is 138 cm³/mol. The molecule has 1 saturated heterocycles. The molecule has 0 radical (unpaired) electrons. The number of anilines is 1. The van der Waals surface area contributed by atoms with E-state index in [9.17, 15) is 23.2 Å². The summed E-state index contributed by atoms with van der Waals surface area (Å²) in [4.78, 5) is 43.9. The minimum atomic E-state index is -3.31. The maximum absolute atomic E-state index is 15.1. The molecule has 0 aliphatic carbocycles. The number of hydrogen-bond donors (Lipinski definition) is 2. The van der Waals surface area contributed by atoms with Crippen LogP contribution in [0.1, 0.15) is 15.9 Å². The van der Waals surface area contributed by atoms with E-state index in [0.29, 0.717) is 18.8 Å². The molecule has 4 rings (SSSR count). The van der Waals surface area contributed by atoms with Crippen LogP contribution in [-0.4, -0.2) is 58.8 Å². The Morgan fingerprint density at radius 1 is 1.00 bits per heavy atom. The molecule has 0 atom stereocenters. The fourth-order valence-corrected chi connectivity index (χ4v) is 4.70. The Bertz CT molecular complexity index is 1290. The molecule has 2 heterocycles. The average Bonchev–Trinajstić information content (AvgIpc) is 2.95. The summed E-state index contributed by atoms with van der Waals surface area (Å²) in [6, 6.07) is 14.3. The first kappa shape index (κ1) is 27.0. The van der Waals surface area contributed by atoms with Gasteiger partial charge in [0, 0.05) is 53.8 Å². The standard InChI is InChI=1S/C26H24F3N5O3S/c27-22-14-18(24(35)31-32-25(36)23(28)29)3-4-20(22)16-34(26(37)33-10-12-38-13-11-33)21-7-5-17(6-8-21)19-2-1-9-30-15-19/h1-9,14-15,23H,10-13,16H2,(H,31,35)(H,32,36). The van der Waals surface area contributed by atoms with Gasteiger partial charge in [-0.25, -0.2) is 9.18 Å². The van der Waals surface area contributed by atoms with Gasteiger partial charge >= 0.3 is 18.4 Å². The first-order chi connectivity index (χ1) is 18.3. The Labute approximate surface area is 221 Å². The summed E-state index contributed by atoms with van der Waals surface area (Å²) in [5.74, 6) is -1.80. The van der Waals surface area contributed by atoms with Crippen molar-refractivity contribution < 1.29 is 27.6 Å². The summed E-state index contributed by atoms with van der Waals surface area (Å²) < 4.78 is 39.7. The second-order valence-corrected chi connectivity index (χ2v) is 9.53. The molecule has 1 aliphatic rings. The summed E-state index contributed by atoms with van der Waals surface area (Å²) in [5.41, 5.74) is 5.72. The molecule has 8 nitrogen and oxygen atoms in total. The minimum Gasteiger partial charge on any atom is -0.323 e. The lowest BCUT2D eigenvalue weighted by molar-refractivity contribution is -0.132. The van der Waals surface area contributed by atoms with Crippen molar-refractivity contribution in [2.45, 2.75) is 13.0 Å². The third kappa shape index (κ3) is 6.62. The molecule has 12 heteroatoms. The van der Waals surface area contributed by atoms with Crippen molar-refractivity contribution >= 4 is 35.3 Å². The molecular formula is C26H24F3N5O3S. The van der Waals surface area contributed by atoms with Crippen LogP contribution in [0.15, 0.2) is 67.0 Å². The number of alkyl halides is 2. The average molecular weight is 544 g/mol. The van der Waals surface area contributed by atoms with Crippen molar-refractivity contribution in [3.8, 4) is 11.1 Å². The van der Waals surface area contributed by atoms with Crippen LogP contribution in [0.4, 0.5) is 23.7 Å². The number of hydrogen-bond acceptors (Lipinski definition) is 5. The Morgan fingerprint density at radius 3 is 2.37 bits per heavy atom. The normalized spacial score (nSPS) is 13.2. The van der Waals surface area contributed by atoms with Crippen LogP contribution in [0, 0.1) is 5.82 Å². The molecule has 198 valence electrons. The number of thioether (sulfide) groups is 1. The Balaban J connectivity index is 1.56. The number of nitrogens with zero attached hydrogens (tertiary/aromatic N) is 3. The van der Waals surface area contributed by atoms with Crippen LogP contribution in [0.5, 0.6) is 0 Å². The number of urea groups is 1. The van der Waals surface area contributed by atoms with E-state index in [2.05, 4.69) is 4.98 Å². The zero-order valence-corrected chi connectivity index (χ0v) is 20.9. The van der Waals surface area contributed by atoms with Crippen molar-refractivity contribution in [2.75, 3.05) is 29.5 Å². The molecule has 1 aliphatic heterocycles. The third-order valence-corrected chi connectivity index (χ3v) is 6.77. The lowest BCUT2D eigenvalue weighted by atomic mass is 10.1. The van der Waals surface area contributed by atoms with Crippen LogP contribution in [0.25, 0.3) is 11.1 Å². The lowest BCUT2D eigenvalue weighted by Crippen LogP contribution is -2.46. The topological polar surface area (TPSA) is 94.6 Å². The number of hydrazine groups is 1. The van der Waals surface area contributed by atoms with Gasteiger partial charge in [0.25, 0.3) is 5.91 Å². The van der Waals surface area contributed by atoms with Crippen molar-refractivity contribution in [3.05, 3.63) is 83.9 Å². The summed E-state index contributed by atoms with van der Waals surface area (Å²) in [7, 11) is 0. The first-order valence-electron chi connectivity index (χ1n) is 11.6. The quantitative estimate of drug-likeness (QED) is 0.457. The van der Waals surface area contributed by atoms with Gasteiger partial charge in [0.05, 0.1) is 6.54 Å². The second kappa shape index (κ2) is 12.5. The number of benzene rings is 2. The van der Waals surface area contributed by atoms with Crippen LogP contribution < -0.4 is 15.8 Å². The van der Waals surface area contributed by atoms with Crippen molar-refractivity contribution in [2.24, 2.45) is 0 Å². The highest BCUT2D eigenvalue weighted by Gasteiger charge is 2.25. The molecule has 2 aromatic carbocycles. The van der Waals surface area contributed by atoms with E-state index in [4.69, 9.17) is 0 Å². The zero-order valence-electron chi connectivity index (χ0n) is 20.1. The second-order valence-electron chi connectivity index (χ2n) is 8.31. The summed E-state index contributed by atoms with van der Waals surface area (Å²) in [6.45, 7) is 1.03. The van der Waals surface area contributed by atoms with Crippen molar-refractivity contribution in [1.82, 2.24) is 20.7 Å². The van der Waals surface area contributed by atoms with E-state index in [1.165, 1.54) is 17.0 Å². The highest BCUT2D eigenvalue weighted by Crippen LogP contribution is 2.26. The minimum absolute atomic E-state index is 0.107. The monoisotopic (exact) mass is 543 g/mol. The van der Waals surface area contributed by atoms with Crippen LogP contribution in [-0.2, 0) is 11.3 Å². The maximum atomic E-state index is 15.1. The highest BCUT2D eigenvalue weighted by molar-refractivity contribution is 7.99. The SMILES string of the molecule is O=C(NNC(=O)C(F)F)c1ccc(CN(C(=O)N2CCSCC2)c2ccc(-c3cccnc3)cc2)c(F)c1. The van der Waals surface area contributed by atoms with Gasteiger partial charge in [-0.05, 0) is 41.5 Å². The van der Waals surface area contributed by atoms with Crippen LogP contribution in [0.3, 0.4) is 0 Å². The fraction of sp³-hybridized carbons (Fsp3) is 0.231. The fourth-order valence-electron chi connectivity index (χ4n) is 3.79. The number of nitrogens with one attached hydrogen (secondary N) is 2. The number of halogens is 3. The van der Waals surface area contributed by atoms with Crippen molar-refractivity contribution in [1.29, 1.82) is 0 Å². The Kier molecular flexibility index (Phi) is 8.85. The summed E-state index contributed by atoms with van der Waals surface area (Å²) in [6.07, 6.45) is 0.0998. The van der Waals surface area contributed by atoms with Gasteiger partial charge in [0.15, 0.2) is 0 Å². The van der Waals surface area contributed by atoms with Gasteiger partial charge in [0.1, 0.15) is 5.82 Å². The van der Waals surface area contributed by atoms with E-state index in [1.807, 2.05) is 29.7 Å². The van der Waals surface area contributed by atoms with Gasteiger partial charge in [0.2, 0.25) is 0 Å². The van der Waals surface area contributed by atoms with Crippen LogP contribution >= 0.6 is 11.8 Å². The number of rotatable bonds is 6. The Morgan fingerprint density at radius 2 is 1.74 bits per heavy atom. The smallest absolute Gasteiger partial charge is 0.323 e. The number of pyridine rings is 1. The molecule has 1 fully saturated rings. The lowest BCUT2D eigenvalue weighted by Gasteiger charge is -2.33. The van der Waals surface area contributed by atoms with Gasteiger partial charge in [-0.1, -0.05) is 24.3 Å². The highest BCUT2D eigenvalue weighted by atomic mass is 32.2. The molecular weight excluding hydrogens is 519 g/mol. The zero-order chi connectivity index (χ0) is 27.1. The van der Waals surface area contributed by atoms with E-state index in [-0.39, 0.29) is 23.7 Å². The molecule has 2 N–H and O–H groups in total. The molecule has 4 amide bonds. The molecule has 1 aromatic heterocycles. The van der Waals surface area contributed by atoms with E-state index in [1.54, 1.807) is 46.6 Å². The van der Waals surface area contributed by atoms with Gasteiger partial charge in [-0.2, -0.15) is 20.5 Å². The molecule has 0 unspecified atom stereocenters. The maximum Gasteiger partial charge on any atom is 0.324 e. The number of carbonyl (C=O) groups excluding carboxylic acids is 3. The number of carbonyl (C=O) groups is 3. The van der Waals surface area contributed by atoms with Gasteiger partial charge in [-0.3, -0.25) is 30.3 Å². The van der Waals surface area contributed by atoms with E-state index < -0.39 is 24.1 Å². The summed E-state index contributed by atoms with van der Waals surface area (Å²) in [5, 5.41) is 0. The van der Waals surface area contributed by atoms with Crippen LogP contribution in [0.2, 0.25) is 0 Å². The van der Waals surface area contributed by atoms with Crippen molar-refractivity contribution in [3.63, 3.8) is 0 Å². The first-order valence-corrected chi connectivity index (χ1v) is 12.8. The third-order valence-electron chi connectivity index (χ3n) is 5.83. The number of aromatic nitrogens is 1. The van der Waals surface area contributed by atoms with E-state index in [0.717, 1.165) is 28.7 Å². The molecule has 0 bridgehead atoms. The Hall–Kier alpha value is -4.06. The predicted octanol–water partition coefficient (Wildman–Crippen LogP) is 4.09. The summed E-state index contributed by atoms with van der Waals surface area (Å²) >= 11 is 1.76.